The highest BCUT2D eigenvalue weighted by atomic mass is 19.4. The van der Waals surface area contributed by atoms with E-state index in [1.165, 1.54) is 31.3 Å². The fourth-order valence-electron chi connectivity index (χ4n) is 3.46. The van der Waals surface area contributed by atoms with Crippen LogP contribution in [-0.4, -0.2) is 39.1 Å². The molecule has 1 aliphatic rings. The predicted octanol–water partition coefficient (Wildman–Crippen LogP) is 3.43. The molecule has 1 N–H and O–H groups in total. The number of benzene rings is 2. The first-order valence-electron chi connectivity index (χ1n) is 9.69. The average molecular weight is 436 g/mol. The second kappa shape index (κ2) is 9.28. The molecule has 0 aromatic heterocycles. The van der Waals surface area contributed by atoms with Gasteiger partial charge >= 0.3 is 6.18 Å². The van der Waals surface area contributed by atoms with Crippen LogP contribution in [0.2, 0.25) is 0 Å². The van der Waals surface area contributed by atoms with Crippen molar-refractivity contribution in [3.8, 4) is 11.5 Å². The van der Waals surface area contributed by atoms with E-state index < -0.39 is 17.7 Å². The van der Waals surface area contributed by atoms with Gasteiger partial charge in [-0.25, -0.2) is 0 Å². The number of nitrogens with one attached hydrogen (secondary N) is 1. The van der Waals surface area contributed by atoms with Crippen LogP contribution >= 0.6 is 0 Å². The molecule has 6 nitrogen and oxygen atoms in total. The van der Waals surface area contributed by atoms with Gasteiger partial charge in [0, 0.05) is 31.3 Å². The van der Waals surface area contributed by atoms with E-state index in [0.29, 0.717) is 29.2 Å². The third-order valence-electron chi connectivity index (χ3n) is 5.17. The molecule has 9 heteroatoms. The molecule has 0 aliphatic carbocycles. The molecule has 3 rings (SSSR count). The molecule has 1 unspecified atom stereocenters. The van der Waals surface area contributed by atoms with E-state index in [1.54, 1.807) is 18.2 Å². The minimum Gasteiger partial charge on any atom is -0.493 e. The Hall–Kier alpha value is -3.23. The summed E-state index contributed by atoms with van der Waals surface area (Å²) in [5.41, 5.74) is 0.588. The largest absolute Gasteiger partial charge is 0.493 e. The first kappa shape index (κ1) is 22.5. The number of alkyl halides is 3. The summed E-state index contributed by atoms with van der Waals surface area (Å²) in [5.74, 6) is 0.0826. The van der Waals surface area contributed by atoms with Gasteiger partial charge in [0.05, 0.1) is 25.7 Å². The van der Waals surface area contributed by atoms with Crippen molar-refractivity contribution >= 4 is 17.5 Å². The van der Waals surface area contributed by atoms with Crippen molar-refractivity contribution in [2.75, 3.05) is 32.2 Å². The summed E-state index contributed by atoms with van der Waals surface area (Å²) in [4.78, 5) is 26.4. The number of hydrogen-bond donors (Lipinski definition) is 1. The van der Waals surface area contributed by atoms with Crippen molar-refractivity contribution in [1.82, 2.24) is 5.32 Å². The Morgan fingerprint density at radius 1 is 1.10 bits per heavy atom. The van der Waals surface area contributed by atoms with Gasteiger partial charge < -0.3 is 19.7 Å². The third-order valence-corrected chi connectivity index (χ3v) is 5.17. The van der Waals surface area contributed by atoms with Crippen molar-refractivity contribution in [2.45, 2.75) is 19.0 Å². The van der Waals surface area contributed by atoms with E-state index >= 15 is 0 Å². The third kappa shape index (κ3) is 5.28. The average Bonchev–Trinajstić information content (AvgIpc) is 3.14. The molecule has 166 valence electrons. The van der Waals surface area contributed by atoms with Crippen LogP contribution in [0.15, 0.2) is 42.5 Å². The molecule has 0 saturated carbocycles. The maximum Gasteiger partial charge on any atom is 0.416 e. The summed E-state index contributed by atoms with van der Waals surface area (Å²) in [6.07, 6.45) is -3.90. The quantitative estimate of drug-likeness (QED) is 0.722. The second-order valence-electron chi connectivity index (χ2n) is 7.18. The lowest BCUT2D eigenvalue weighted by Crippen LogP contribution is -2.34. The zero-order valence-electron chi connectivity index (χ0n) is 17.2. The van der Waals surface area contributed by atoms with Gasteiger partial charge in [-0.15, -0.1) is 0 Å². The molecule has 0 radical (unpaired) electrons. The maximum atomic E-state index is 12.6. The van der Waals surface area contributed by atoms with E-state index in [-0.39, 0.29) is 31.3 Å². The number of ether oxygens (including phenoxy) is 2. The fourth-order valence-corrected chi connectivity index (χ4v) is 3.46. The van der Waals surface area contributed by atoms with Gasteiger partial charge in [-0.1, -0.05) is 12.1 Å². The zero-order valence-corrected chi connectivity index (χ0v) is 17.2. The number of carbonyl (C=O) groups is 2. The molecule has 1 fully saturated rings. The normalized spacial score (nSPS) is 16.4. The van der Waals surface area contributed by atoms with E-state index in [9.17, 15) is 22.8 Å². The number of anilines is 1. The van der Waals surface area contributed by atoms with E-state index in [2.05, 4.69) is 5.32 Å². The number of rotatable bonds is 7. The van der Waals surface area contributed by atoms with Crippen LogP contribution < -0.4 is 19.7 Å². The van der Waals surface area contributed by atoms with Crippen LogP contribution in [0.5, 0.6) is 11.5 Å². The van der Waals surface area contributed by atoms with Crippen molar-refractivity contribution in [3.05, 3.63) is 53.6 Å². The Kier molecular flexibility index (Phi) is 6.72. The Morgan fingerprint density at radius 2 is 1.77 bits per heavy atom. The molecule has 2 amide bonds. The monoisotopic (exact) mass is 436 g/mol. The smallest absolute Gasteiger partial charge is 0.416 e. The molecule has 31 heavy (non-hydrogen) atoms. The van der Waals surface area contributed by atoms with Gasteiger partial charge in [0.1, 0.15) is 0 Å². The summed E-state index contributed by atoms with van der Waals surface area (Å²) in [6, 6.07) is 9.94. The molecular weight excluding hydrogens is 413 g/mol. The first-order chi connectivity index (χ1) is 14.7. The Morgan fingerprint density at radius 3 is 2.39 bits per heavy atom. The molecular formula is C22H23F3N2O4. The molecule has 2 aromatic rings. The zero-order chi connectivity index (χ0) is 22.6. The number of nitrogens with zero attached hydrogens (tertiary/aromatic N) is 1. The lowest BCUT2D eigenvalue weighted by atomic mass is 10.1. The van der Waals surface area contributed by atoms with E-state index in [4.69, 9.17) is 9.47 Å². The molecule has 1 saturated heterocycles. The molecule has 0 bridgehead atoms. The number of hydrogen-bond acceptors (Lipinski definition) is 4. The van der Waals surface area contributed by atoms with E-state index in [0.717, 1.165) is 12.1 Å². The van der Waals surface area contributed by atoms with Crippen LogP contribution in [0, 0.1) is 5.92 Å². The Labute approximate surface area is 177 Å². The number of amides is 2. The molecule has 1 atom stereocenters. The van der Waals surface area contributed by atoms with Crippen LogP contribution in [-0.2, 0) is 22.2 Å². The lowest BCUT2D eigenvalue weighted by molar-refractivity contribution is -0.137. The standard InChI is InChI=1S/C22H23F3N2O4/c1-30-18-8-7-17(12-19(18)31-2)27-13-15(11-20(27)28)21(29)26-10-9-14-3-5-16(6-4-14)22(23,24)25/h3-8,12,15H,9-11,13H2,1-2H3,(H,26,29). The summed E-state index contributed by atoms with van der Waals surface area (Å²) in [6.45, 7) is 0.506. The van der Waals surface area contributed by atoms with Gasteiger partial charge in [-0.2, -0.15) is 13.2 Å². The van der Waals surface area contributed by atoms with Gasteiger partial charge in [-0.05, 0) is 36.2 Å². The summed E-state index contributed by atoms with van der Waals surface area (Å²) in [5, 5.41) is 2.77. The molecule has 0 spiro atoms. The highest BCUT2D eigenvalue weighted by Gasteiger charge is 2.35. The fraction of sp³-hybridized carbons (Fsp3) is 0.364. The first-order valence-corrected chi connectivity index (χ1v) is 9.69. The van der Waals surface area contributed by atoms with Crippen LogP contribution in [0.1, 0.15) is 17.5 Å². The van der Waals surface area contributed by atoms with Crippen LogP contribution in [0.3, 0.4) is 0 Å². The van der Waals surface area contributed by atoms with Crippen molar-refractivity contribution in [1.29, 1.82) is 0 Å². The molecule has 2 aromatic carbocycles. The van der Waals surface area contributed by atoms with Gasteiger partial charge in [0.2, 0.25) is 11.8 Å². The van der Waals surface area contributed by atoms with Crippen LogP contribution in [0.25, 0.3) is 0 Å². The highest BCUT2D eigenvalue weighted by molar-refractivity contribution is 6.00. The topological polar surface area (TPSA) is 67.9 Å². The summed E-state index contributed by atoms with van der Waals surface area (Å²) < 4.78 is 48.3. The van der Waals surface area contributed by atoms with E-state index in [1.807, 2.05) is 0 Å². The Balaban J connectivity index is 1.54. The number of carbonyl (C=O) groups excluding carboxylic acids is 2. The molecule has 1 aliphatic heterocycles. The number of halogens is 3. The number of methoxy groups -OCH3 is 2. The van der Waals surface area contributed by atoms with Crippen molar-refractivity contribution in [3.63, 3.8) is 0 Å². The SMILES string of the molecule is COc1ccc(N2CC(C(=O)NCCc3ccc(C(F)(F)F)cc3)CC2=O)cc1OC. The van der Waals surface area contributed by atoms with Crippen molar-refractivity contribution < 1.29 is 32.2 Å². The molecule has 1 heterocycles. The minimum atomic E-state index is -4.37. The maximum absolute atomic E-state index is 12.6. The lowest BCUT2D eigenvalue weighted by Gasteiger charge is -2.18. The van der Waals surface area contributed by atoms with Gasteiger partial charge in [0.15, 0.2) is 11.5 Å². The second-order valence-corrected chi connectivity index (χ2v) is 7.18. The van der Waals surface area contributed by atoms with Crippen LogP contribution in [0.4, 0.5) is 18.9 Å². The predicted molar refractivity (Wildman–Crippen MR) is 108 cm³/mol. The van der Waals surface area contributed by atoms with Gasteiger partial charge in [-0.3, -0.25) is 9.59 Å². The van der Waals surface area contributed by atoms with Gasteiger partial charge in [0.25, 0.3) is 0 Å². The Bertz CT molecular complexity index is 945. The van der Waals surface area contributed by atoms with Crippen molar-refractivity contribution in [2.24, 2.45) is 5.92 Å². The minimum absolute atomic E-state index is 0.0838. The summed E-state index contributed by atoms with van der Waals surface area (Å²) >= 11 is 0. The highest BCUT2D eigenvalue weighted by Crippen LogP contribution is 2.34. The summed E-state index contributed by atoms with van der Waals surface area (Å²) in [7, 11) is 3.02.